The van der Waals surface area contributed by atoms with Gasteiger partial charge in [-0.15, -0.1) is 36.2 Å². The number of ketones is 1. The van der Waals surface area contributed by atoms with E-state index >= 15 is 0 Å². The first-order valence-corrected chi connectivity index (χ1v) is 9.24. The minimum atomic E-state index is -0.969. The fourth-order valence-corrected chi connectivity index (χ4v) is 2.73. The predicted molar refractivity (Wildman–Crippen MR) is 116 cm³/mol. The number of urea groups is 1. The molecule has 2 aromatic heterocycles. The lowest BCUT2D eigenvalue weighted by molar-refractivity contribution is -0.137. The number of nitrogens with zero attached hydrogens (tertiary/aromatic N) is 2. The molecule has 164 valence electrons. The molecule has 0 saturated heterocycles. The molecule has 30 heavy (non-hydrogen) atoms. The lowest BCUT2D eigenvalue weighted by Crippen LogP contribution is -2.30. The number of carbonyl (C=O) groups excluding carboxylic acids is 3. The van der Waals surface area contributed by atoms with Gasteiger partial charge in [-0.3, -0.25) is 24.7 Å². The molecule has 0 radical (unpaired) electrons. The molecule has 0 bridgehead atoms. The van der Waals surface area contributed by atoms with Crippen molar-refractivity contribution < 1.29 is 24.3 Å². The summed E-state index contributed by atoms with van der Waals surface area (Å²) < 4.78 is 0. The molecule has 0 atom stereocenters. The van der Waals surface area contributed by atoms with Crippen LogP contribution in [0.4, 0.5) is 9.93 Å². The molecular formula is C17H21Cl2N5O5S. The van der Waals surface area contributed by atoms with Gasteiger partial charge in [0.25, 0.3) is 5.91 Å². The predicted octanol–water partition coefficient (Wildman–Crippen LogP) is 2.26. The normalized spacial score (nSPS) is 9.47. The SMILES string of the molecule is Cl.Cl.O=C(O)CCCC(=O)CNC(=O)c1csc(NC(=O)NCc2ccccn2)n1. The molecule has 3 amide bonds. The van der Waals surface area contributed by atoms with E-state index in [1.54, 1.807) is 18.3 Å². The summed E-state index contributed by atoms with van der Waals surface area (Å²) in [6, 6.07) is 4.87. The quantitative estimate of drug-likeness (QED) is 0.409. The number of rotatable bonds is 10. The van der Waals surface area contributed by atoms with E-state index in [0.717, 1.165) is 11.3 Å². The Morgan fingerprint density at radius 3 is 2.50 bits per heavy atom. The van der Waals surface area contributed by atoms with E-state index in [-0.39, 0.29) is 73.8 Å². The Kier molecular flexibility index (Phi) is 12.9. The number of halogens is 2. The van der Waals surface area contributed by atoms with Gasteiger partial charge in [-0.05, 0) is 18.6 Å². The van der Waals surface area contributed by atoms with E-state index in [2.05, 4.69) is 25.9 Å². The van der Waals surface area contributed by atoms with Gasteiger partial charge >= 0.3 is 12.0 Å². The standard InChI is InChI=1S/C17H19N5O5S.2ClH/c23-12(5-3-6-14(24)25)9-19-15(26)13-10-28-17(21-13)22-16(27)20-8-11-4-1-2-7-18-11;;/h1-2,4,7,10H,3,5-6,8-9H2,(H,19,26)(H,24,25)(H2,20,21,22,27);2*1H. The van der Waals surface area contributed by atoms with Gasteiger partial charge in [0.05, 0.1) is 18.8 Å². The molecule has 4 N–H and O–H groups in total. The Balaban J connectivity index is 0.00000420. The van der Waals surface area contributed by atoms with Crippen molar-refractivity contribution in [2.45, 2.75) is 25.8 Å². The van der Waals surface area contributed by atoms with Gasteiger partial charge in [-0.2, -0.15) is 0 Å². The van der Waals surface area contributed by atoms with Gasteiger partial charge < -0.3 is 15.7 Å². The van der Waals surface area contributed by atoms with E-state index in [1.165, 1.54) is 5.38 Å². The zero-order valence-electron chi connectivity index (χ0n) is 15.6. The molecule has 0 aliphatic heterocycles. The van der Waals surface area contributed by atoms with Crippen molar-refractivity contribution >= 4 is 65.0 Å². The first kappa shape index (κ1) is 27.2. The lowest BCUT2D eigenvalue weighted by atomic mass is 10.2. The second-order valence-corrected chi connectivity index (χ2v) is 6.49. The van der Waals surface area contributed by atoms with Crippen LogP contribution in [0, 0.1) is 0 Å². The zero-order chi connectivity index (χ0) is 20.4. The van der Waals surface area contributed by atoms with Crippen LogP contribution in [0.5, 0.6) is 0 Å². The van der Waals surface area contributed by atoms with Crippen molar-refractivity contribution in [2.24, 2.45) is 0 Å². The van der Waals surface area contributed by atoms with Crippen LogP contribution in [0.1, 0.15) is 35.4 Å². The summed E-state index contributed by atoms with van der Waals surface area (Å²) in [7, 11) is 0. The summed E-state index contributed by atoms with van der Waals surface area (Å²) in [5, 5.41) is 17.8. The number of hydrogen-bond acceptors (Lipinski definition) is 7. The van der Waals surface area contributed by atoms with E-state index in [4.69, 9.17) is 5.11 Å². The van der Waals surface area contributed by atoms with Crippen molar-refractivity contribution in [3.05, 3.63) is 41.2 Å². The zero-order valence-corrected chi connectivity index (χ0v) is 18.1. The van der Waals surface area contributed by atoms with Crippen molar-refractivity contribution in [1.82, 2.24) is 20.6 Å². The van der Waals surface area contributed by atoms with Crippen LogP contribution in [0.25, 0.3) is 0 Å². The van der Waals surface area contributed by atoms with Crippen molar-refractivity contribution in [3.63, 3.8) is 0 Å². The van der Waals surface area contributed by atoms with Crippen LogP contribution in [0.3, 0.4) is 0 Å². The van der Waals surface area contributed by atoms with Crippen molar-refractivity contribution in [3.8, 4) is 0 Å². The highest BCUT2D eigenvalue weighted by molar-refractivity contribution is 7.14. The molecule has 0 unspecified atom stereocenters. The van der Waals surface area contributed by atoms with Crippen LogP contribution in [0.2, 0.25) is 0 Å². The van der Waals surface area contributed by atoms with Gasteiger partial charge in [0.15, 0.2) is 10.9 Å². The maximum atomic E-state index is 12.0. The number of anilines is 1. The van der Waals surface area contributed by atoms with Gasteiger partial charge in [0, 0.05) is 24.4 Å². The number of nitrogens with one attached hydrogen (secondary N) is 3. The fourth-order valence-electron chi connectivity index (χ4n) is 2.04. The first-order chi connectivity index (χ1) is 13.4. The highest BCUT2D eigenvalue weighted by Gasteiger charge is 2.13. The number of pyridine rings is 1. The monoisotopic (exact) mass is 477 g/mol. The topological polar surface area (TPSA) is 150 Å². The molecule has 0 aliphatic carbocycles. The molecule has 0 fully saturated rings. The number of thiazole rings is 1. The number of Topliss-reactive ketones (excluding diaryl/α,β-unsaturated/α-hetero) is 1. The van der Waals surface area contributed by atoms with E-state index in [1.807, 2.05) is 6.07 Å². The van der Waals surface area contributed by atoms with E-state index in [9.17, 15) is 19.2 Å². The average Bonchev–Trinajstić information content (AvgIpc) is 3.13. The summed E-state index contributed by atoms with van der Waals surface area (Å²) in [6.07, 6.45) is 1.83. The van der Waals surface area contributed by atoms with Crippen LogP contribution in [0.15, 0.2) is 29.8 Å². The smallest absolute Gasteiger partial charge is 0.321 e. The van der Waals surface area contributed by atoms with Gasteiger partial charge in [0.2, 0.25) is 0 Å². The first-order valence-electron chi connectivity index (χ1n) is 8.36. The number of amides is 3. The number of aliphatic carboxylic acids is 1. The maximum absolute atomic E-state index is 12.0. The molecule has 0 aromatic carbocycles. The Bertz CT molecular complexity index is 850. The summed E-state index contributed by atoms with van der Waals surface area (Å²) >= 11 is 1.07. The number of carboxylic acids is 1. The van der Waals surface area contributed by atoms with Crippen LogP contribution in [-0.2, 0) is 16.1 Å². The summed E-state index contributed by atoms with van der Waals surface area (Å²) in [6.45, 7) is 0.0404. The highest BCUT2D eigenvalue weighted by atomic mass is 35.5. The number of hydrogen-bond donors (Lipinski definition) is 4. The Hall–Kier alpha value is -2.76. The van der Waals surface area contributed by atoms with Crippen LogP contribution >= 0.6 is 36.2 Å². The number of carbonyl (C=O) groups is 4. The molecule has 0 saturated carbocycles. The molecule has 13 heteroatoms. The molecule has 2 aromatic rings. The second kappa shape index (κ2) is 14.3. The summed E-state index contributed by atoms with van der Waals surface area (Å²) in [5.74, 6) is -1.79. The number of carboxylic acid groups (broad SMARTS) is 1. The van der Waals surface area contributed by atoms with E-state index < -0.39 is 17.9 Å². The van der Waals surface area contributed by atoms with Crippen molar-refractivity contribution in [2.75, 3.05) is 11.9 Å². The average molecular weight is 478 g/mol. The fraction of sp³-hybridized carbons (Fsp3) is 0.294. The summed E-state index contributed by atoms with van der Waals surface area (Å²) in [4.78, 5) is 53.9. The summed E-state index contributed by atoms with van der Waals surface area (Å²) in [5.41, 5.74) is 0.772. The van der Waals surface area contributed by atoms with Gasteiger partial charge in [0.1, 0.15) is 5.69 Å². The Morgan fingerprint density at radius 1 is 1.07 bits per heavy atom. The molecule has 0 spiro atoms. The van der Waals surface area contributed by atoms with Crippen molar-refractivity contribution in [1.29, 1.82) is 0 Å². The largest absolute Gasteiger partial charge is 0.481 e. The molecule has 2 heterocycles. The third-order valence-corrected chi connectivity index (χ3v) is 4.16. The third-order valence-electron chi connectivity index (χ3n) is 3.41. The third kappa shape index (κ3) is 10.1. The highest BCUT2D eigenvalue weighted by Crippen LogP contribution is 2.15. The van der Waals surface area contributed by atoms with Gasteiger partial charge in [-0.1, -0.05) is 6.07 Å². The maximum Gasteiger partial charge on any atom is 0.321 e. The van der Waals surface area contributed by atoms with Crippen LogP contribution in [-0.4, -0.2) is 45.3 Å². The minimum Gasteiger partial charge on any atom is -0.481 e. The van der Waals surface area contributed by atoms with E-state index in [0.29, 0.717) is 5.69 Å². The Labute approximate surface area is 188 Å². The number of aromatic nitrogens is 2. The van der Waals surface area contributed by atoms with Crippen LogP contribution < -0.4 is 16.0 Å². The van der Waals surface area contributed by atoms with Gasteiger partial charge in [-0.25, -0.2) is 9.78 Å². The molecule has 10 nitrogen and oxygen atoms in total. The molecule has 0 aliphatic rings. The second-order valence-electron chi connectivity index (χ2n) is 5.64. The molecule has 2 rings (SSSR count). The minimum absolute atomic E-state index is 0. The lowest BCUT2D eigenvalue weighted by Gasteiger charge is -2.04. The Morgan fingerprint density at radius 2 is 1.83 bits per heavy atom. The molecular weight excluding hydrogens is 457 g/mol.